The summed E-state index contributed by atoms with van der Waals surface area (Å²) in [5, 5.41) is 5.34. The third kappa shape index (κ3) is 3.74. The molecule has 0 amide bonds. The van der Waals surface area contributed by atoms with Crippen molar-refractivity contribution >= 4 is 33.6 Å². The first kappa shape index (κ1) is 17.6. The van der Waals surface area contributed by atoms with Crippen LogP contribution in [0.15, 0.2) is 102 Å². The monoisotopic (exact) mass is 360 g/mol. The molecule has 0 radical (unpaired) electrons. The van der Waals surface area contributed by atoms with Gasteiger partial charge in [-0.1, -0.05) is 102 Å². The lowest BCUT2D eigenvalue weighted by atomic mass is 10.4. The van der Waals surface area contributed by atoms with Crippen molar-refractivity contribution in [2.75, 3.05) is 0 Å². The van der Waals surface area contributed by atoms with E-state index in [0.717, 1.165) is 0 Å². The van der Waals surface area contributed by atoms with Gasteiger partial charge in [-0.2, -0.15) is 0 Å². The van der Waals surface area contributed by atoms with Crippen molar-refractivity contribution in [1.29, 1.82) is 0 Å². The van der Waals surface area contributed by atoms with Gasteiger partial charge in [-0.15, -0.1) is 0 Å². The van der Waals surface area contributed by atoms with E-state index in [1.165, 1.54) is 20.8 Å². The SMILES string of the molecule is CC=C(C)[Si](O[SiH2]c1ccccc1)(c1ccccc1)c1ccccc1. The molecule has 0 spiro atoms. The summed E-state index contributed by atoms with van der Waals surface area (Å²) < 4.78 is 6.95. The summed E-state index contributed by atoms with van der Waals surface area (Å²) in [6.45, 7) is 4.35. The predicted molar refractivity (Wildman–Crippen MR) is 113 cm³/mol. The number of benzene rings is 3. The van der Waals surface area contributed by atoms with Gasteiger partial charge in [0.25, 0.3) is 8.32 Å². The molecule has 1 nitrogen and oxygen atoms in total. The van der Waals surface area contributed by atoms with Gasteiger partial charge in [0.05, 0.1) is 0 Å². The zero-order valence-corrected chi connectivity index (χ0v) is 17.3. The molecule has 3 rings (SSSR count). The molecule has 3 heteroatoms. The Bertz CT molecular complexity index is 775. The van der Waals surface area contributed by atoms with Crippen molar-refractivity contribution in [3.63, 3.8) is 0 Å². The molecule has 0 saturated heterocycles. The lowest BCUT2D eigenvalue weighted by Gasteiger charge is -2.34. The molecule has 0 N–H and O–H groups in total. The second kappa shape index (κ2) is 8.25. The van der Waals surface area contributed by atoms with Gasteiger partial charge in [0.1, 0.15) is 0 Å². The highest BCUT2D eigenvalue weighted by atomic mass is 28.4. The van der Waals surface area contributed by atoms with Gasteiger partial charge < -0.3 is 4.12 Å². The zero-order chi connectivity index (χ0) is 17.5. The van der Waals surface area contributed by atoms with E-state index in [4.69, 9.17) is 4.12 Å². The van der Waals surface area contributed by atoms with Gasteiger partial charge in [0.15, 0.2) is 9.76 Å². The first-order valence-corrected chi connectivity index (χ1v) is 11.9. The lowest BCUT2D eigenvalue weighted by molar-refractivity contribution is 0.624. The highest BCUT2D eigenvalue weighted by Gasteiger charge is 2.40. The molecule has 0 aliphatic carbocycles. The number of rotatable bonds is 6. The summed E-state index contributed by atoms with van der Waals surface area (Å²) in [5.41, 5.74) is 0. The maximum Gasteiger partial charge on any atom is 0.273 e. The van der Waals surface area contributed by atoms with E-state index in [-0.39, 0.29) is 0 Å². The molecule has 0 bridgehead atoms. The van der Waals surface area contributed by atoms with Crippen LogP contribution >= 0.6 is 0 Å². The van der Waals surface area contributed by atoms with Crippen LogP contribution in [0.25, 0.3) is 0 Å². The summed E-state index contributed by atoms with van der Waals surface area (Å²) in [7, 11) is -3.25. The van der Waals surface area contributed by atoms with E-state index in [2.05, 4.69) is 111 Å². The minimum Gasteiger partial charge on any atom is -0.447 e. The lowest BCUT2D eigenvalue weighted by Crippen LogP contribution is -2.63. The molecule has 25 heavy (non-hydrogen) atoms. The Balaban J connectivity index is 2.11. The normalized spacial score (nSPS) is 12.6. The number of hydrogen-bond acceptors (Lipinski definition) is 1. The Morgan fingerprint density at radius 1 is 0.760 bits per heavy atom. The minimum atomic E-state index is -2.41. The van der Waals surface area contributed by atoms with Crippen molar-refractivity contribution in [2.45, 2.75) is 13.8 Å². The van der Waals surface area contributed by atoms with Gasteiger partial charge in [-0.05, 0) is 29.4 Å². The fraction of sp³-hybridized carbons (Fsp3) is 0.0909. The van der Waals surface area contributed by atoms with Crippen LogP contribution in [0.2, 0.25) is 0 Å². The van der Waals surface area contributed by atoms with Crippen LogP contribution in [0, 0.1) is 0 Å². The molecule has 0 heterocycles. The molecular formula is C22H24OSi2. The molecule has 0 unspecified atom stereocenters. The van der Waals surface area contributed by atoms with E-state index >= 15 is 0 Å². The fourth-order valence-corrected chi connectivity index (χ4v) is 10.4. The van der Waals surface area contributed by atoms with E-state index in [1.54, 1.807) is 0 Å². The van der Waals surface area contributed by atoms with Gasteiger partial charge in [0.2, 0.25) is 0 Å². The van der Waals surface area contributed by atoms with Crippen LogP contribution in [0.4, 0.5) is 0 Å². The average Bonchev–Trinajstić information content (AvgIpc) is 2.70. The highest BCUT2D eigenvalue weighted by Crippen LogP contribution is 2.17. The van der Waals surface area contributed by atoms with Gasteiger partial charge >= 0.3 is 0 Å². The standard InChI is InChI=1S/C22H24OSi2/c1-3-19(2)25(21-15-9-5-10-16-21,22-17-11-6-12-18-22)23-24-20-13-7-4-8-14-20/h3-18H,24H2,1-2H3. The summed E-state index contributed by atoms with van der Waals surface area (Å²) in [5.74, 6) is 0. The summed E-state index contributed by atoms with van der Waals surface area (Å²) >= 11 is 0. The largest absolute Gasteiger partial charge is 0.447 e. The molecule has 0 aromatic heterocycles. The molecule has 0 saturated carbocycles. The van der Waals surface area contributed by atoms with Crippen molar-refractivity contribution in [1.82, 2.24) is 0 Å². The average molecular weight is 361 g/mol. The second-order valence-corrected chi connectivity index (χ2v) is 11.7. The third-order valence-electron chi connectivity index (χ3n) is 4.65. The molecule has 0 aliphatic rings. The second-order valence-electron chi connectivity index (χ2n) is 6.16. The minimum absolute atomic E-state index is 0.834. The summed E-state index contributed by atoms with van der Waals surface area (Å²) in [4.78, 5) is 0. The quantitative estimate of drug-likeness (QED) is 0.614. The fourth-order valence-electron chi connectivity index (χ4n) is 3.22. The Hall–Kier alpha value is -2.21. The van der Waals surface area contributed by atoms with Crippen LogP contribution in [0.1, 0.15) is 13.8 Å². The number of allylic oxidation sites excluding steroid dienone is 2. The van der Waals surface area contributed by atoms with Crippen LogP contribution < -0.4 is 15.6 Å². The molecule has 0 fully saturated rings. The van der Waals surface area contributed by atoms with Crippen LogP contribution in [0.5, 0.6) is 0 Å². The van der Waals surface area contributed by atoms with Crippen LogP contribution in [-0.4, -0.2) is 18.1 Å². The zero-order valence-electron chi connectivity index (χ0n) is 14.9. The third-order valence-corrected chi connectivity index (χ3v) is 11.5. The van der Waals surface area contributed by atoms with E-state index in [1.807, 2.05) is 0 Å². The first-order valence-electron chi connectivity index (χ1n) is 8.69. The molecule has 126 valence electrons. The van der Waals surface area contributed by atoms with Gasteiger partial charge in [-0.25, -0.2) is 0 Å². The van der Waals surface area contributed by atoms with Gasteiger partial charge in [0, 0.05) is 0 Å². The number of hydrogen-bond donors (Lipinski definition) is 0. The van der Waals surface area contributed by atoms with E-state index in [9.17, 15) is 0 Å². The van der Waals surface area contributed by atoms with E-state index in [0.29, 0.717) is 0 Å². The highest BCUT2D eigenvalue weighted by molar-refractivity contribution is 7.04. The molecule has 3 aromatic rings. The smallest absolute Gasteiger partial charge is 0.273 e. The topological polar surface area (TPSA) is 9.23 Å². The Kier molecular flexibility index (Phi) is 5.81. The molecule has 0 aliphatic heterocycles. The molecular weight excluding hydrogens is 336 g/mol. The van der Waals surface area contributed by atoms with Crippen molar-refractivity contribution in [3.8, 4) is 0 Å². The van der Waals surface area contributed by atoms with Crippen molar-refractivity contribution in [3.05, 3.63) is 102 Å². The van der Waals surface area contributed by atoms with Crippen molar-refractivity contribution < 1.29 is 4.12 Å². The first-order chi connectivity index (χ1) is 12.3. The van der Waals surface area contributed by atoms with Crippen LogP contribution in [-0.2, 0) is 4.12 Å². The van der Waals surface area contributed by atoms with Gasteiger partial charge in [-0.3, -0.25) is 0 Å². The van der Waals surface area contributed by atoms with Crippen molar-refractivity contribution in [2.24, 2.45) is 0 Å². The molecule has 0 atom stereocenters. The Labute approximate surface area is 154 Å². The van der Waals surface area contributed by atoms with Crippen LogP contribution in [0.3, 0.4) is 0 Å². The Morgan fingerprint density at radius 3 is 1.64 bits per heavy atom. The maximum atomic E-state index is 6.95. The summed E-state index contributed by atoms with van der Waals surface area (Å²) in [6.07, 6.45) is 2.23. The predicted octanol–water partition coefficient (Wildman–Crippen LogP) is 2.68. The molecule has 3 aromatic carbocycles. The Morgan fingerprint density at radius 2 is 1.20 bits per heavy atom. The summed E-state index contributed by atoms with van der Waals surface area (Å²) in [6, 6.07) is 32.2. The van der Waals surface area contributed by atoms with E-state index < -0.39 is 18.1 Å². The maximum absolute atomic E-state index is 6.95.